The lowest BCUT2D eigenvalue weighted by molar-refractivity contribution is -0.115. The molecule has 1 amide bonds. The maximum atomic E-state index is 13.0. The molecule has 19 heavy (non-hydrogen) atoms. The molecule has 1 aromatic carbocycles. The summed E-state index contributed by atoms with van der Waals surface area (Å²) in [4.78, 5) is 15.7. The van der Waals surface area contributed by atoms with Crippen LogP contribution in [0.15, 0.2) is 41.0 Å². The molecule has 0 saturated heterocycles. The number of carbonyl (C=O) groups excluding carboxylic acids is 1. The van der Waals surface area contributed by atoms with Crippen LogP contribution >= 0.6 is 27.5 Å². The van der Waals surface area contributed by atoms with Crippen molar-refractivity contribution in [1.29, 1.82) is 0 Å². The Balaban J connectivity index is 2.03. The minimum atomic E-state index is -0.360. The van der Waals surface area contributed by atoms with Crippen molar-refractivity contribution in [3.05, 3.63) is 57.5 Å². The van der Waals surface area contributed by atoms with Crippen LogP contribution in [0.2, 0.25) is 5.15 Å². The molecule has 0 spiro atoms. The normalized spacial score (nSPS) is 10.3. The van der Waals surface area contributed by atoms with E-state index in [1.165, 1.54) is 18.3 Å². The van der Waals surface area contributed by atoms with E-state index in [0.717, 1.165) is 0 Å². The van der Waals surface area contributed by atoms with Gasteiger partial charge in [-0.25, -0.2) is 9.37 Å². The number of nitrogens with zero attached hydrogens (tertiary/aromatic N) is 1. The number of benzene rings is 1. The summed E-state index contributed by atoms with van der Waals surface area (Å²) in [6.07, 6.45) is 1.55. The van der Waals surface area contributed by atoms with E-state index >= 15 is 0 Å². The molecule has 1 heterocycles. The van der Waals surface area contributed by atoms with Gasteiger partial charge >= 0.3 is 0 Å². The first-order chi connectivity index (χ1) is 9.04. The highest BCUT2D eigenvalue weighted by Gasteiger charge is 2.07. The maximum Gasteiger partial charge on any atom is 0.228 e. The molecule has 1 N–H and O–H groups in total. The lowest BCUT2D eigenvalue weighted by atomic mass is 10.1. The van der Waals surface area contributed by atoms with E-state index in [0.29, 0.717) is 20.9 Å². The summed E-state index contributed by atoms with van der Waals surface area (Å²) < 4.78 is 13.6. The fourth-order valence-corrected chi connectivity index (χ4v) is 1.98. The van der Waals surface area contributed by atoms with E-state index < -0.39 is 0 Å². The minimum absolute atomic E-state index is 0.0952. The van der Waals surface area contributed by atoms with Gasteiger partial charge in [0, 0.05) is 0 Å². The molecule has 2 aromatic rings. The third kappa shape index (κ3) is 4.01. The lowest BCUT2D eigenvalue weighted by Crippen LogP contribution is -2.14. The van der Waals surface area contributed by atoms with Crippen LogP contribution in [0.1, 0.15) is 5.56 Å². The summed E-state index contributed by atoms with van der Waals surface area (Å²) >= 11 is 8.97. The number of hydrogen-bond acceptors (Lipinski definition) is 2. The molecule has 0 atom stereocenters. The van der Waals surface area contributed by atoms with Gasteiger partial charge in [-0.05, 0) is 39.7 Å². The van der Waals surface area contributed by atoms with Crippen LogP contribution in [-0.4, -0.2) is 10.9 Å². The highest BCUT2D eigenvalue weighted by molar-refractivity contribution is 9.10. The van der Waals surface area contributed by atoms with E-state index in [4.69, 9.17) is 11.6 Å². The van der Waals surface area contributed by atoms with Crippen molar-refractivity contribution < 1.29 is 9.18 Å². The fraction of sp³-hybridized carbons (Fsp3) is 0.0769. The minimum Gasteiger partial charge on any atom is -0.324 e. The van der Waals surface area contributed by atoms with Crippen molar-refractivity contribution in [3.8, 4) is 0 Å². The topological polar surface area (TPSA) is 42.0 Å². The molecule has 0 aliphatic rings. The monoisotopic (exact) mass is 342 g/mol. The number of anilines is 1. The Bertz CT molecular complexity index is 621. The third-order valence-corrected chi connectivity index (χ3v) is 3.47. The van der Waals surface area contributed by atoms with Crippen LogP contribution in [0.3, 0.4) is 0 Å². The van der Waals surface area contributed by atoms with Crippen LogP contribution in [0.4, 0.5) is 10.1 Å². The second kappa shape index (κ2) is 6.12. The average Bonchev–Trinajstić information content (AvgIpc) is 2.34. The number of rotatable bonds is 3. The zero-order valence-electron chi connectivity index (χ0n) is 9.66. The molecule has 0 saturated carbocycles. The highest BCUT2D eigenvalue weighted by atomic mass is 79.9. The Hall–Kier alpha value is -1.46. The first-order valence-electron chi connectivity index (χ1n) is 5.40. The fourth-order valence-electron chi connectivity index (χ4n) is 1.53. The molecule has 0 unspecified atom stereocenters. The van der Waals surface area contributed by atoms with E-state index in [1.807, 2.05) is 0 Å². The van der Waals surface area contributed by atoms with E-state index in [9.17, 15) is 9.18 Å². The van der Waals surface area contributed by atoms with Crippen molar-refractivity contribution in [2.45, 2.75) is 6.42 Å². The first-order valence-corrected chi connectivity index (χ1v) is 6.57. The van der Waals surface area contributed by atoms with Crippen LogP contribution in [0.25, 0.3) is 0 Å². The molecule has 0 fully saturated rings. The number of nitrogens with one attached hydrogen (secondary N) is 1. The number of amides is 1. The third-order valence-electron chi connectivity index (χ3n) is 2.33. The Morgan fingerprint density at radius 2 is 2.21 bits per heavy atom. The van der Waals surface area contributed by atoms with Gasteiger partial charge in [0.25, 0.3) is 0 Å². The standard InChI is InChI=1S/C13H9BrClFN2O/c14-11-6-10(7-17-13(11)15)18-12(19)5-8-2-1-3-9(16)4-8/h1-4,6-7H,5H2,(H,18,19). The van der Waals surface area contributed by atoms with Crippen LogP contribution < -0.4 is 5.32 Å². The Labute approximate surface area is 122 Å². The quantitative estimate of drug-likeness (QED) is 0.861. The largest absolute Gasteiger partial charge is 0.324 e. The van der Waals surface area contributed by atoms with E-state index in [2.05, 4.69) is 26.2 Å². The Morgan fingerprint density at radius 3 is 2.89 bits per heavy atom. The predicted octanol–water partition coefficient (Wildman–Crippen LogP) is 3.82. The van der Waals surface area contributed by atoms with Gasteiger partial charge in [-0.15, -0.1) is 0 Å². The van der Waals surface area contributed by atoms with Crippen LogP contribution in [-0.2, 0) is 11.2 Å². The van der Waals surface area contributed by atoms with Gasteiger partial charge in [-0.3, -0.25) is 4.79 Å². The number of aromatic nitrogens is 1. The highest BCUT2D eigenvalue weighted by Crippen LogP contribution is 2.22. The summed E-state index contributed by atoms with van der Waals surface area (Å²) in [5.41, 5.74) is 1.14. The molecule has 0 aliphatic carbocycles. The molecule has 98 valence electrons. The second-order valence-corrected chi connectivity index (χ2v) is 5.06. The number of carbonyl (C=O) groups is 1. The van der Waals surface area contributed by atoms with Crippen LogP contribution in [0.5, 0.6) is 0 Å². The summed E-state index contributed by atoms with van der Waals surface area (Å²) in [6.45, 7) is 0. The predicted molar refractivity (Wildman–Crippen MR) is 75.7 cm³/mol. The molecule has 1 aromatic heterocycles. The number of pyridine rings is 1. The van der Waals surface area contributed by atoms with Crippen molar-refractivity contribution in [3.63, 3.8) is 0 Å². The number of halogens is 3. The Morgan fingerprint density at radius 1 is 1.42 bits per heavy atom. The van der Waals surface area contributed by atoms with E-state index in [1.54, 1.807) is 18.2 Å². The lowest BCUT2D eigenvalue weighted by Gasteiger charge is -2.06. The zero-order valence-corrected chi connectivity index (χ0v) is 12.0. The van der Waals surface area contributed by atoms with Gasteiger partial charge in [-0.2, -0.15) is 0 Å². The van der Waals surface area contributed by atoms with Gasteiger partial charge in [-0.1, -0.05) is 23.7 Å². The van der Waals surface area contributed by atoms with Gasteiger partial charge in [0.15, 0.2) is 0 Å². The second-order valence-electron chi connectivity index (χ2n) is 3.85. The van der Waals surface area contributed by atoms with Crippen molar-refractivity contribution in [2.24, 2.45) is 0 Å². The van der Waals surface area contributed by atoms with Crippen LogP contribution in [0, 0.1) is 5.82 Å². The molecule has 0 bridgehead atoms. The van der Waals surface area contributed by atoms with Crippen molar-refractivity contribution in [2.75, 3.05) is 5.32 Å². The molecule has 0 radical (unpaired) electrons. The number of hydrogen-bond donors (Lipinski definition) is 1. The summed E-state index contributed by atoms with van der Waals surface area (Å²) in [5, 5.41) is 2.99. The summed E-state index contributed by atoms with van der Waals surface area (Å²) in [5.74, 6) is -0.608. The van der Waals surface area contributed by atoms with Gasteiger partial charge in [0.1, 0.15) is 11.0 Å². The Kier molecular flexibility index (Phi) is 4.50. The average molecular weight is 344 g/mol. The van der Waals surface area contributed by atoms with Gasteiger partial charge in [0.2, 0.25) is 5.91 Å². The van der Waals surface area contributed by atoms with E-state index in [-0.39, 0.29) is 18.1 Å². The SMILES string of the molecule is O=C(Cc1cccc(F)c1)Nc1cnc(Cl)c(Br)c1. The summed E-state index contributed by atoms with van der Waals surface area (Å²) in [6, 6.07) is 7.58. The molecule has 2 rings (SSSR count). The maximum absolute atomic E-state index is 13.0. The smallest absolute Gasteiger partial charge is 0.228 e. The molecular formula is C13H9BrClFN2O. The molecular weight excluding hydrogens is 335 g/mol. The van der Waals surface area contributed by atoms with Gasteiger partial charge < -0.3 is 5.32 Å². The zero-order chi connectivity index (χ0) is 13.8. The van der Waals surface area contributed by atoms with Crippen molar-refractivity contribution >= 4 is 39.1 Å². The van der Waals surface area contributed by atoms with Gasteiger partial charge in [0.05, 0.1) is 22.8 Å². The molecule has 0 aliphatic heterocycles. The van der Waals surface area contributed by atoms with Crippen molar-refractivity contribution in [1.82, 2.24) is 4.98 Å². The molecule has 3 nitrogen and oxygen atoms in total. The first kappa shape index (κ1) is 14.0. The molecule has 6 heteroatoms. The summed E-state index contributed by atoms with van der Waals surface area (Å²) in [7, 11) is 0.